The third-order valence-electron chi connectivity index (χ3n) is 3.22. The van der Waals surface area contributed by atoms with Crippen LogP contribution in [-0.2, 0) is 9.53 Å². The molecule has 0 aromatic rings. The van der Waals surface area contributed by atoms with Gasteiger partial charge in [0.05, 0.1) is 0 Å². The number of carbonyl (C=O) groups is 1. The lowest BCUT2D eigenvalue weighted by atomic mass is 9.80. The first kappa shape index (κ1) is 13.5. The Balaban J connectivity index is 2.60. The van der Waals surface area contributed by atoms with Crippen LogP contribution >= 0.6 is 0 Å². The third kappa shape index (κ3) is 3.78. The minimum absolute atomic E-state index is 0.0309. The van der Waals surface area contributed by atoms with Crippen LogP contribution in [0.25, 0.3) is 0 Å². The van der Waals surface area contributed by atoms with Crippen LogP contribution in [0.4, 0.5) is 0 Å². The standard InChI is InChI=1S/C13H25NO2/c1-10(2)7-13(6-5-12(15)14-13)8-11(3)9-16-4/h10-11H,5-9H2,1-4H3,(H,14,15). The Morgan fingerprint density at radius 1 is 1.38 bits per heavy atom. The summed E-state index contributed by atoms with van der Waals surface area (Å²) in [7, 11) is 1.73. The lowest BCUT2D eigenvalue weighted by Gasteiger charge is -2.33. The van der Waals surface area contributed by atoms with Crippen LogP contribution < -0.4 is 5.32 Å². The van der Waals surface area contributed by atoms with Crippen LogP contribution in [0, 0.1) is 11.8 Å². The van der Waals surface area contributed by atoms with E-state index in [1.165, 1.54) is 0 Å². The summed E-state index contributed by atoms with van der Waals surface area (Å²) < 4.78 is 5.18. The van der Waals surface area contributed by atoms with E-state index in [4.69, 9.17) is 4.74 Å². The molecule has 0 spiro atoms. The quantitative estimate of drug-likeness (QED) is 0.756. The first-order chi connectivity index (χ1) is 7.47. The van der Waals surface area contributed by atoms with E-state index in [9.17, 15) is 4.79 Å². The molecular weight excluding hydrogens is 202 g/mol. The molecule has 1 N–H and O–H groups in total. The molecule has 0 aromatic carbocycles. The molecule has 94 valence electrons. The van der Waals surface area contributed by atoms with E-state index in [2.05, 4.69) is 26.1 Å². The molecule has 1 rings (SSSR count). The van der Waals surface area contributed by atoms with Gasteiger partial charge in [-0.3, -0.25) is 4.79 Å². The van der Waals surface area contributed by atoms with Crippen LogP contribution in [0.5, 0.6) is 0 Å². The fraction of sp³-hybridized carbons (Fsp3) is 0.923. The van der Waals surface area contributed by atoms with Gasteiger partial charge in [-0.25, -0.2) is 0 Å². The molecule has 0 saturated carbocycles. The molecule has 1 aliphatic heterocycles. The predicted octanol–water partition coefficient (Wildman–Crippen LogP) is 2.35. The Morgan fingerprint density at radius 2 is 2.06 bits per heavy atom. The highest BCUT2D eigenvalue weighted by molar-refractivity contribution is 5.79. The summed E-state index contributed by atoms with van der Waals surface area (Å²) in [6.07, 6.45) is 3.78. The van der Waals surface area contributed by atoms with E-state index < -0.39 is 0 Å². The summed E-state index contributed by atoms with van der Waals surface area (Å²) in [5.41, 5.74) is 0.0309. The lowest BCUT2D eigenvalue weighted by molar-refractivity contribution is -0.120. The Morgan fingerprint density at radius 3 is 2.50 bits per heavy atom. The van der Waals surface area contributed by atoms with Crippen molar-refractivity contribution < 1.29 is 9.53 Å². The monoisotopic (exact) mass is 227 g/mol. The zero-order valence-corrected chi connectivity index (χ0v) is 11.0. The van der Waals surface area contributed by atoms with Gasteiger partial charge in [0.15, 0.2) is 0 Å². The molecule has 1 aliphatic rings. The van der Waals surface area contributed by atoms with Crippen molar-refractivity contribution in [1.82, 2.24) is 5.32 Å². The van der Waals surface area contributed by atoms with Gasteiger partial charge in [-0.15, -0.1) is 0 Å². The highest BCUT2D eigenvalue weighted by Gasteiger charge is 2.38. The number of hydrogen-bond donors (Lipinski definition) is 1. The van der Waals surface area contributed by atoms with E-state index in [1.54, 1.807) is 7.11 Å². The molecule has 1 saturated heterocycles. The molecule has 1 amide bonds. The molecule has 16 heavy (non-hydrogen) atoms. The minimum atomic E-state index is 0.0309. The van der Waals surface area contributed by atoms with Gasteiger partial charge in [-0.05, 0) is 31.1 Å². The van der Waals surface area contributed by atoms with Gasteiger partial charge in [-0.1, -0.05) is 20.8 Å². The number of methoxy groups -OCH3 is 1. The van der Waals surface area contributed by atoms with E-state index in [0.29, 0.717) is 18.3 Å². The van der Waals surface area contributed by atoms with Gasteiger partial charge >= 0.3 is 0 Å². The molecule has 0 aliphatic carbocycles. The van der Waals surface area contributed by atoms with E-state index in [1.807, 2.05) is 0 Å². The molecule has 2 unspecified atom stereocenters. The van der Waals surface area contributed by atoms with Crippen LogP contribution in [0.1, 0.15) is 46.5 Å². The lowest BCUT2D eigenvalue weighted by Crippen LogP contribution is -2.44. The van der Waals surface area contributed by atoms with Gasteiger partial charge in [0, 0.05) is 25.7 Å². The second kappa shape index (κ2) is 5.67. The van der Waals surface area contributed by atoms with Crippen molar-refractivity contribution in [2.24, 2.45) is 11.8 Å². The molecule has 3 heteroatoms. The fourth-order valence-corrected chi connectivity index (χ4v) is 2.96. The van der Waals surface area contributed by atoms with E-state index >= 15 is 0 Å². The first-order valence-corrected chi connectivity index (χ1v) is 6.27. The number of amides is 1. The average Bonchev–Trinajstić information content (AvgIpc) is 2.46. The van der Waals surface area contributed by atoms with Gasteiger partial charge in [0.1, 0.15) is 0 Å². The molecule has 3 nitrogen and oxygen atoms in total. The number of nitrogens with one attached hydrogen (secondary N) is 1. The zero-order valence-electron chi connectivity index (χ0n) is 11.0. The largest absolute Gasteiger partial charge is 0.384 e. The van der Waals surface area contributed by atoms with Crippen LogP contribution in [0.2, 0.25) is 0 Å². The Labute approximate surface area is 98.9 Å². The number of rotatable bonds is 6. The molecule has 0 bridgehead atoms. The highest BCUT2D eigenvalue weighted by Crippen LogP contribution is 2.33. The maximum absolute atomic E-state index is 11.4. The van der Waals surface area contributed by atoms with E-state index in [-0.39, 0.29) is 11.4 Å². The van der Waals surface area contributed by atoms with Crippen molar-refractivity contribution in [3.8, 4) is 0 Å². The van der Waals surface area contributed by atoms with Gasteiger partial charge < -0.3 is 10.1 Å². The molecule has 0 aromatic heterocycles. The summed E-state index contributed by atoms with van der Waals surface area (Å²) >= 11 is 0. The molecular formula is C13H25NO2. The van der Waals surface area contributed by atoms with Gasteiger partial charge in [-0.2, -0.15) is 0 Å². The van der Waals surface area contributed by atoms with Crippen LogP contribution in [0.15, 0.2) is 0 Å². The van der Waals surface area contributed by atoms with E-state index in [0.717, 1.165) is 25.9 Å². The van der Waals surface area contributed by atoms with Gasteiger partial charge in [0.25, 0.3) is 0 Å². The van der Waals surface area contributed by atoms with Crippen molar-refractivity contribution in [3.63, 3.8) is 0 Å². The summed E-state index contributed by atoms with van der Waals surface area (Å²) in [5.74, 6) is 1.33. The fourth-order valence-electron chi connectivity index (χ4n) is 2.96. The Bertz CT molecular complexity index is 240. The minimum Gasteiger partial charge on any atom is -0.384 e. The topological polar surface area (TPSA) is 38.3 Å². The Hall–Kier alpha value is -0.570. The molecule has 2 atom stereocenters. The Kier molecular flexibility index (Phi) is 4.78. The second-order valence-electron chi connectivity index (χ2n) is 5.69. The van der Waals surface area contributed by atoms with Crippen molar-refractivity contribution in [3.05, 3.63) is 0 Å². The van der Waals surface area contributed by atoms with Gasteiger partial charge in [0.2, 0.25) is 5.91 Å². The number of carbonyl (C=O) groups excluding carboxylic acids is 1. The molecule has 1 heterocycles. The van der Waals surface area contributed by atoms with Crippen LogP contribution in [0.3, 0.4) is 0 Å². The maximum Gasteiger partial charge on any atom is 0.220 e. The number of hydrogen-bond acceptors (Lipinski definition) is 2. The predicted molar refractivity (Wildman–Crippen MR) is 65.2 cm³/mol. The SMILES string of the molecule is COCC(C)CC1(CC(C)C)CCC(=O)N1. The maximum atomic E-state index is 11.4. The summed E-state index contributed by atoms with van der Waals surface area (Å²) in [6, 6.07) is 0. The zero-order chi connectivity index (χ0) is 12.2. The molecule has 1 fully saturated rings. The van der Waals surface area contributed by atoms with Crippen molar-refractivity contribution >= 4 is 5.91 Å². The van der Waals surface area contributed by atoms with Crippen LogP contribution in [-0.4, -0.2) is 25.2 Å². The summed E-state index contributed by atoms with van der Waals surface area (Å²) in [4.78, 5) is 11.4. The van der Waals surface area contributed by atoms with Crippen molar-refractivity contribution in [2.75, 3.05) is 13.7 Å². The second-order valence-corrected chi connectivity index (χ2v) is 5.69. The molecule has 0 radical (unpaired) electrons. The van der Waals surface area contributed by atoms with Crippen molar-refractivity contribution in [2.45, 2.75) is 52.0 Å². The first-order valence-electron chi connectivity index (χ1n) is 6.27. The average molecular weight is 227 g/mol. The summed E-state index contributed by atoms with van der Waals surface area (Å²) in [5, 5.41) is 3.19. The van der Waals surface area contributed by atoms with Crippen molar-refractivity contribution in [1.29, 1.82) is 0 Å². The normalized spacial score (nSPS) is 27.2. The number of ether oxygens (including phenoxy) is 1. The highest BCUT2D eigenvalue weighted by atomic mass is 16.5. The third-order valence-corrected chi connectivity index (χ3v) is 3.22. The summed E-state index contributed by atoms with van der Waals surface area (Å²) in [6.45, 7) is 7.40. The smallest absolute Gasteiger partial charge is 0.220 e.